The van der Waals surface area contributed by atoms with Crippen LogP contribution < -0.4 is 5.73 Å². The van der Waals surface area contributed by atoms with Gasteiger partial charge in [-0.2, -0.15) is 0 Å². The number of ether oxygens (including phenoxy) is 2. The average Bonchev–Trinajstić information content (AvgIpc) is 2.64. The number of hydrogen-bond donors (Lipinski definition) is 1. The Bertz CT molecular complexity index is 259. The largest absolute Gasteiger partial charge is 0.379 e. The van der Waals surface area contributed by atoms with Crippen LogP contribution >= 0.6 is 0 Å². The smallest absolute Gasteiger partial charge is 0.0704 e. The summed E-state index contributed by atoms with van der Waals surface area (Å²) in [6, 6.07) is 0.368. The molecule has 1 spiro atoms. The molecule has 3 heteroatoms. The first-order valence-electron chi connectivity index (χ1n) is 8.10. The molecule has 2 atom stereocenters. The highest BCUT2D eigenvalue weighted by atomic mass is 16.5. The van der Waals surface area contributed by atoms with E-state index in [4.69, 9.17) is 15.2 Å². The van der Waals surface area contributed by atoms with Gasteiger partial charge in [0.25, 0.3) is 0 Å². The molecule has 2 saturated carbocycles. The topological polar surface area (TPSA) is 44.5 Å². The quantitative estimate of drug-likeness (QED) is 0.754. The molecule has 2 fully saturated rings. The molecule has 0 aromatic rings. The molecule has 2 unspecified atom stereocenters. The Labute approximate surface area is 118 Å². The van der Waals surface area contributed by atoms with Crippen LogP contribution in [-0.2, 0) is 9.47 Å². The van der Waals surface area contributed by atoms with Crippen molar-refractivity contribution in [2.24, 2.45) is 17.1 Å². The van der Waals surface area contributed by atoms with Crippen LogP contribution in [0.3, 0.4) is 0 Å². The van der Waals surface area contributed by atoms with E-state index < -0.39 is 0 Å². The van der Waals surface area contributed by atoms with Crippen LogP contribution in [0.5, 0.6) is 0 Å². The highest BCUT2D eigenvalue weighted by molar-refractivity contribution is 5.06. The van der Waals surface area contributed by atoms with E-state index in [0.29, 0.717) is 23.5 Å². The minimum absolute atomic E-state index is 0.300. The summed E-state index contributed by atoms with van der Waals surface area (Å²) in [5.74, 6) is 0.602. The molecule has 0 saturated heterocycles. The van der Waals surface area contributed by atoms with Crippen LogP contribution in [0.4, 0.5) is 0 Å². The van der Waals surface area contributed by atoms with E-state index in [1.807, 2.05) is 0 Å². The maximum absolute atomic E-state index is 6.31. The normalized spacial score (nSPS) is 30.3. The lowest BCUT2D eigenvalue weighted by Gasteiger charge is -2.54. The van der Waals surface area contributed by atoms with Gasteiger partial charge < -0.3 is 15.2 Å². The second-order valence-electron chi connectivity index (χ2n) is 6.82. The Morgan fingerprint density at radius 1 is 1.11 bits per heavy atom. The van der Waals surface area contributed by atoms with Gasteiger partial charge in [0.2, 0.25) is 0 Å². The minimum Gasteiger partial charge on any atom is -0.379 e. The summed E-state index contributed by atoms with van der Waals surface area (Å²) >= 11 is 0. The van der Waals surface area contributed by atoms with Gasteiger partial charge in [-0.3, -0.25) is 0 Å². The van der Waals surface area contributed by atoms with Gasteiger partial charge in [-0.15, -0.1) is 0 Å². The molecule has 3 nitrogen and oxygen atoms in total. The van der Waals surface area contributed by atoms with Gasteiger partial charge in [-0.05, 0) is 25.2 Å². The third-order valence-corrected chi connectivity index (χ3v) is 4.88. The summed E-state index contributed by atoms with van der Waals surface area (Å²) in [6.07, 6.45) is 9.39. The SMILES string of the molecule is CC(C)COCCOC1CC(N)C12CCCCCC2. The fraction of sp³-hybridized carbons (Fsp3) is 1.00. The molecule has 2 aliphatic carbocycles. The molecule has 0 aliphatic heterocycles. The van der Waals surface area contributed by atoms with E-state index in [2.05, 4.69) is 13.8 Å². The fourth-order valence-electron chi connectivity index (χ4n) is 3.66. The van der Waals surface area contributed by atoms with Crippen LogP contribution in [0, 0.1) is 11.3 Å². The van der Waals surface area contributed by atoms with Crippen LogP contribution in [0.15, 0.2) is 0 Å². The number of hydrogen-bond acceptors (Lipinski definition) is 3. The lowest BCUT2D eigenvalue weighted by molar-refractivity contribution is -0.142. The molecule has 0 amide bonds. The molecule has 2 aliphatic rings. The summed E-state index contributed by atoms with van der Waals surface area (Å²) < 4.78 is 11.7. The summed E-state index contributed by atoms with van der Waals surface area (Å²) in [6.45, 7) is 6.63. The molecule has 0 aromatic heterocycles. The van der Waals surface area contributed by atoms with E-state index in [9.17, 15) is 0 Å². The molecular formula is C16H31NO2. The number of rotatable bonds is 6. The van der Waals surface area contributed by atoms with Gasteiger partial charge in [0.15, 0.2) is 0 Å². The van der Waals surface area contributed by atoms with Gasteiger partial charge >= 0.3 is 0 Å². The van der Waals surface area contributed by atoms with Gasteiger partial charge in [-0.1, -0.05) is 39.5 Å². The maximum atomic E-state index is 6.31. The zero-order chi connectivity index (χ0) is 13.7. The van der Waals surface area contributed by atoms with Gasteiger partial charge in [-0.25, -0.2) is 0 Å². The lowest BCUT2D eigenvalue weighted by Crippen LogP contribution is -2.62. The van der Waals surface area contributed by atoms with Crippen molar-refractivity contribution in [2.75, 3.05) is 19.8 Å². The Balaban J connectivity index is 1.71. The predicted molar refractivity (Wildman–Crippen MR) is 78.1 cm³/mol. The van der Waals surface area contributed by atoms with Crippen LogP contribution in [0.2, 0.25) is 0 Å². The molecule has 19 heavy (non-hydrogen) atoms. The van der Waals surface area contributed by atoms with Crippen molar-refractivity contribution in [3.05, 3.63) is 0 Å². The van der Waals surface area contributed by atoms with Crippen molar-refractivity contribution in [1.29, 1.82) is 0 Å². The molecule has 112 valence electrons. The highest BCUT2D eigenvalue weighted by Gasteiger charge is 2.53. The third-order valence-electron chi connectivity index (χ3n) is 4.88. The van der Waals surface area contributed by atoms with Crippen molar-refractivity contribution in [3.8, 4) is 0 Å². The molecule has 0 heterocycles. The minimum atomic E-state index is 0.300. The summed E-state index contributed by atoms with van der Waals surface area (Å²) in [4.78, 5) is 0. The lowest BCUT2D eigenvalue weighted by atomic mass is 9.58. The third kappa shape index (κ3) is 3.71. The van der Waals surface area contributed by atoms with Crippen LogP contribution in [0.1, 0.15) is 58.8 Å². The average molecular weight is 269 g/mol. The molecule has 0 aromatic carbocycles. The Morgan fingerprint density at radius 3 is 2.37 bits per heavy atom. The number of nitrogens with two attached hydrogens (primary N) is 1. The van der Waals surface area contributed by atoms with Gasteiger partial charge in [0.1, 0.15) is 0 Å². The monoisotopic (exact) mass is 269 g/mol. The molecule has 2 N–H and O–H groups in total. The van der Waals surface area contributed by atoms with E-state index in [0.717, 1.165) is 26.2 Å². The van der Waals surface area contributed by atoms with Gasteiger partial charge in [0, 0.05) is 18.1 Å². The Morgan fingerprint density at radius 2 is 1.79 bits per heavy atom. The predicted octanol–water partition coefficient (Wildman–Crippen LogP) is 3.12. The molecule has 2 rings (SSSR count). The van der Waals surface area contributed by atoms with Crippen LogP contribution in [-0.4, -0.2) is 32.0 Å². The van der Waals surface area contributed by atoms with E-state index in [1.54, 1.807) is 0 Å². The van der Waals surface area contributed by atoms with Crippen molar-refractivity contribution >= 4 is 0 Å². The van der Waals surface area contributed by atoms with E-state index in [-0.39, 0.29) is 0 Å². The zero-order valence-electron chi connectivity index (χ0n) is 12.7. The highest BCUT2D eigenvalue weighted by Crippen LogP contribution is 2.51. The second kappa shape index (κ2) is 7.05. The summed E-state index contributed by atoms with van der Waals surface area (Å²) in [5, 5.41) is 0. The first-order chi connectivity index (χ1) is 9.15. The van der Waals surface area contributed by atoms with E-state index >= 15 is 0 Å². The standard InChI is InChI=1S/C16H31NO2/c1-13(2)12-18-9-10-19-15-11-14(17)16(15)7-5-3-4-6-8-16/h13-15H,3-12,17H2,1-2H3. The van der Waals surface area contributed by atoms with Crippen molar-refractivity contribution in [2.45, 2.75) is 70.9 Å². The maximum Gasteiger partial charge on any atom is 0.0704 e. The first kappa shape index (κ1) is 15.3. The van der Waals surface area contributed by atoms with E-state index in [1.165, 1.54) is 38.5 Å². The Kier molecular flexibility index (Phi) is 5.67. The molecule has 0 bridgehead atoms. The van der Waals surface area contributed by atoms with Crippen molar-refractivity contribution in [3.63, 3.8) is 0 Å². The van der Waals surface area contributed by atoms with Crippen molar-refractivity contribution in [1.82, 2.24) is 0 Å². The van der Waals surface area contributed by atoms with Crippen molar-refractivity contribution < 1.29 is 9.47 Å². The van der Waals surface area contributed by atoms with Gasteiger partial charge in [0.05, 0.1) is 19.3 Å². The zero-order valence-corrected chi connectivity index (χ0v) is 12.7. The van der Waals surface area contributed by atoms with Crippen LogP contribution in [0.25, 0.3) is 0 Å². The second-order valence-corrected chi connectivity index (χ2v) is 6.82. The Hall–Kier alpha value is -0.120. The summed E-state index contributed by atoms with van der Waals surface area (Å²) in [7, 11) is 0. The fourth-order valence-corrected chi connectivity index (χ4v) is 3.66. The molecule has 0 radical (unpaired) electrons. The summed E-state index contributed by atoms with van der Waals surface area (Å²) in [5.41, 5.74) is 6.61. The molecular weight excluding hydrogens is 238 g/mol. The first-order valence-corrected chi connectivity index (χ1v) is 8.10.